The lowest BCUT2D eigenvalue weighted by atomic mass is 10.6. The monoisotopic (exact) mass is 204 g/mol. The first-order chi connectivity index (χ1) is 6.63. The van der Waals surface area contributed by atoms with Crippen LogP contribution in [0.2, 0.25) is 0 Å². The van der Waals surface area contributed by atoms with Gasteiger partial charge in [-0.2, -0.15) is 0 Å². The van der Waals surface area contributed by atoms with Gasteiger partial charge in [-0.1, -0.05) is 0 Å². The first kappa shape index (κ1) is 10.9. The van der Waals surface area contributed by atoms with Crippen LogP contribution in [-0.4, -0.2) is 37.7 Å². The van der Waals surface area contributed by atoms with Crippen molar-refractivity contribution in [3.05, 3.63) is 0 Å². The number of carbonyl (C=O) groups excluding carboxylic acids is 2. The van der Waals surface area contributed by atoms with Crippen LogP contribution in [0.1, 0.15) is 13.8 Å². The Labute approximate surface area is 81.1 Å². The number of hydrogen-bond acceptors (Lipinski definition) is 6. The molecular formula is C8H12O6. The van der Waals surface area contributed by atoms with Crippen LogP contribution in [0.3, 0.4) is 0 Å². The van der Waals surface area contributed by atoms with Crippen LogP contribution in [0.15, 0.2) is 0 Å². The summed E-state index contributed by atoms with van der Waals surface area (Å²) in [6.07, 6.45) is -1.90. The molecule has 0 saturated carbocycles. The van der Waals surface area contributed by atoms with Crippen LogP contribution < -0.4 is 0 Å². The van der Waals surface area contributed by atoms with Crippen molar-refractivity contribution >= 4 is 11.9 Å². The van der Waals surface area contributed by atoms with Gasteiger partial charge in [0.1, 0.15) is 6.61 Å². The Hall–Kier alpha value is -1.14. The van der Waals surface area contributed by atoms with E-state index in [2.05, 4.69) is 9.47 Å². The van der Waals surface area contributed by atoms with Crippen LogP contribution in [0.25, 0.3) is 0 Å². The van der Waals surface area contributed by atoms with E-state index in [1.807, 2.05) is 0 Å². The number of hydrogen-bond donors (Lipinski definition) is 0. The fourth-order valence-corrected chi connectivity index (χ4v) is 0.963. The Morgan fingerprint density at radius 1 is 1.50 bits per heavy atom. The van der Waals surface area contributed by atoms with Crippen molar-refractivity contribution in [2.24, 2.45) is 0 Å². The van der Waals surface area contributed by atoms with Gasteiger partial charge in [0.15, 0.2) is 0 Å². The largest absolute Gasteiger partial charge is 0.462 e. The van der Waals surface area contributed by atoms with E-state index in [4.69, 9.17) is 9.47 Å². The van der Waals surface area contributed by atoms with Crippen molar-refractivity contribution in [3.63, 3.8) is 0 Å². The quantitative estimate of drug-likeness (QED) is 0.593. The Kier molecular flexibility index (Phi) is 3.84. The first-order valence-electron chi connectivity index (χ1n) is 4.24. The molecule has 1 fully saturated rings. The summed E-state index contributed by atoms with van der Waals surface area (Å²) in [6.45, 7) is 3.22. The third-order valence-corrected chi connectivity index (χ3v) is 1.44. The fraction of sp³-hybridized carbons (Fsp3) is 0.750. The highest BCUT2D eigenvalue weighted by Gasteiger charge is 2.34. The van der Waals surface area contributed by atoms with Gasteiger partial charge in [0.25, 0.3) is 6.29 Å². The minimum Gasteiger partial charge on any atom is -0.462 e. The molecule has 0 N–H and O–H groups in total. The maximum atomic E-state index is 11.1. The van der Waals surface area contributed by atoms with Crippen molar-refractivity contribution in [2.75, 3.05) is 13.2 Å². The lowest BCUT2D eigenvalue weighted by Gasteiger charge is -2.09. The summed E-state index contributed by atoms with van der Waals surface area (Å²) in [4.78, 5) is 21.6. The Bertz CT molecular complexity index is 226. The molecule has 80 valence electrons. The zero-order valence-corrected chi connectivity index (χ0v) is 8.02. The molecule has 0 radical (unpaired) electrons. The molecule has 1 aliphatic rings. The molecule has 0 aromatic rings. The average Bonchev–Trinajstić information content (AvgIpc) is 2.52. The number of esters is 2. The number of rotatable bonds is 3. The second-order valence-electron chi connectivity index (χ2n) is 2.59. The van der Waals surface area contributed by atoms with E-state index >= 15 is 0 Å². The van der Waals surface area contributed by atoms with E-state index in [-0.39, 0.29) is 13.2 Å². The van der Waals surface area contributed by atoms with Crippen molar-refractivity contribution in [2.45, 2.75) is 26.4 Å². The van der Waals surface area contributed by atoms with Crippen molar-refractivity contribution < 1.29 is 28.5 Å². The lowest BCUT2D eigenvalue weighted by Crippen LogP contribution is -2.26. The summed E-state index contributed by atoms with van der Waals surface area (Å²) < 4.78 is 19.2. The van der Waals surface area contributed by atoms with E-state index in [1.54, 1.807) is 6.92 Å². The highest BCUT2D eigenvalue weighted by atomic mass is 16.8. The fourth-order valence-electron chi connectivity index (χ4n) is 0.963. The second kappa shape index (κ2) is 4.92. The molecular weight excluding hydrogens is 192 g/mol. The first-order valence-corrected chi connectivity index (χ1v) is 4.24. The van der Waals surface area contributed by atoms with Gasteiger partial charge < -0.3 is 18.9 Å². The van der Waals surface area contributed by atoms with Crippen molar-refractivity contribution in [1.82, 2.24) is 0 Å². The summed E-state index contributed by atoms with van der Waals surface area (Å²) in [5.74, 6) is -1.09. The normalized spacial score (nSPS) is 25.9. The Morgan fingerprint density at radius 3 is 2.79 bits per heavy atom. The average molecular weight is 204 g/mol. The molecule has 2 atom stereocenters. The lowest BCUT2D eigenvalue weighted by molar-refractivity contribution is -0.191. The van der Waals surface area contributed by atoms with Crippen LogP contribution in [-0.2, 0) is 28.5 Å². The molecule has 0 aliphatic carbocycles. The molecule has 1 aliphatic heterocycles. The minimum absolute atomic E-state index is 0.0447. The Morgan fingerprint density at radius 2 is 2.21 bits per heavy atom. The van der Waals surface area contributed by atoms with Crippen molar-refractivity contribution in [3.8, 4) is 0 Å². The predicted octanol–water partition coefficient (Wildman–Crippen LogP) is -0.188. The minimum atomic E-state index is -1.08. The molecule has 6 heteroatoms. The van der Waals surface area contributed by atoms with Gasteiger partial charge in [-0.05, 0) is 6.92 Å². The molecule has 0 spiro atoms. The topological polar surface area (TPSA) is 71.1 Å². The smallest absolute Gasteiger partial charge is 0.363 e. The van der Waals surface area contributed by atoms with Gasteiger partial charge in [0, 0.05) is 6.92 Å². The zero-order valence-electron chi connectivity index (χ0n) is 8.02. The van der Waals surface area contributed by atoms with Gasteiger partial charge >= 0.3 is 11.9 Å². The summed E-state index contributed by atoms with van der Waals surface area (Å²) >= 11 is 0. The van der Waals surface area contributed by atoms with E-state index in [9.17, 15) is 9.59 Å². The van der Waals surface area contributed by atoms with Gasteiger partial charge in [-0.25, -0.2) is 4.79 Å². The molecule has 14 heavy (non-hydrogen) atoms. The van der Waals surface area contributed by atoms with Crippen LogP contribution >= 0.6 is 0 Å². The number of ether oxygens (including phenoxy) is 4. The molecule has 1 heterocycles. The van der Waals surface area contributed by atoms with Gasteiger partial charge in [-0.3, -0.25) is 4.79 Å². The van der Waals surface area contributed by atoms with E-state index in [0.29, 0.717) is 0 Å². The summed E-state index contributed by atoms with van der Waals surface area (Å²) in [5.41, 5.74) is 0. The molecule has 0 aromatic heterocycles. The van der Waals surface area contributed by atoms with E-state index in [1.165, 1.54) is 6.92 Å². The van der Waals surface area contributed by atoms with Gasteiger partial charge in [0.2, 0.25) is 6.29 Å². The van der Waals surface area contributed by atoms with E-state index < -0.39 is 24.5 Å². The van der Waals surface area contributed by atoms with Crippen LogP contribution in [0, 0.1) is 0 Å². The highest BCUT2D eigenvalue weighted by Crippen LogP contribution is 2.13. The molecule has 0 amide bonds. The second-order valence-corrected chi connectivity index (χ2v) is 2.59. The summed E-state index contributed by atoms with van der Waals surface area (Å²) in [6, 6.07) is 0. The highest BCUT2D eigenvalue weighted by molar-refractivity contribution is 5.73. The summed E-state index contributed by atoms with van der Waals surface area (Å²) in [5, 5.41) is 0. The van der Waals surface area contributed by atoms with E-state index in [0.717, 1.165) is 0 Å². The maximum Gasteiger partial charge on any atom is 0.363 e. The Balaban J connectivity index is 2.33. The molecule has 1 rings (SSSR count). The molecule has 1 saturated heterocycles. The zero-order chi connectivity index (χ0) is 10.6. The third-order valence-electron chi connectivity index (χ3n) is 1.44. The summed E-state index contributed by atoms with van der Waals surface area (Å²) in [7, 11) is 0. The SMILES string of the molecule is CCOC(=O)[C@@H]1OC[C@@H](OC(C)=O)O1. The molecule has 0 aromatic carbocycles. The maximum absolute atomic E-state index is 11.1. The third kappa shape index (κ3) is 2.97. The standard InChI is InChI=1S/C8H12O6/c1-3-11-7(10)8-12-4-6(14-8)13-5(2)9/h6,8H,3-4H2,1-2H3/t6-,8+/m0/s1. The van der Waals surface area contributed by atoms with Crippen LogP contribution in [0.5, 0.6) is 0 Å². The number of carbonyl (C=O) groups is 2. The predicted molar refractivity (Wildman–Crippen MR) is 43.0 cm³/mol. The van der Waals surface area contributed by atoms with Crippen molar-refractivity contribution in [1.29, 1.82) is 0 Å². The molecule has 0 unspecified atom stereocenters. The molecule has 6 nitrogen and oxygen atoms in total. The molecule has 0 bridgehead atoms. The van der Waals surface area contributed by atoms with Crippen LogP contribution in [0.4, 0.5) is 0 Å². The van der Waals surface area contributed by atoms with Gasteiger partial charge in [-0.15, -0.1) is 0 Å². The van der Waals surface area contributed by atoms with Gasteiger partial charge in [0.05, 0.1) is 6.61 Å².